The number of hydrogen-bond acceptors (Lipinski definition) is 1. The summed E-state index contributed by atoms with van der Waals surface area (Å²) in [4.78, 5) is -0.314. The van der Waals surface area contributed by atoms with Crippen LogP contribution in [0.25, 0.3) is 0 Å². The molecule has 3 atom stereocenters. The molecule has 1 N–H and O–H groups in total. The molecule has 3 unspecified atom stereocenters. The Kier molecular flexibility index (Phi) is 5.15. The summed E-state index contributed by atoms with van der Waals surface area (Å²) in [5.41, 5.74) is -0.947. The average Bonchev–Trinajstić information content (AvgIpc) is 1.64. The minimum Gasteiger partial charge on any atom is -0.376 e. The Balaban J connectivity index is 3.46. The zero-order valence-electron chi connectivity index (χ0n) is 3.69. The van der Waals surface area contributed by atoms with Crippen molar-refractivity contribution in [2.24, 2.45) is 0 Å². The fourth-order valence-electron chi connectivity index (χ4n) is 0.120. The summed E-state index contributed by atoms with van der Waals surface area (Å²) in [6.07, 6.45) is 0. The molecule has 0 radical (unpaired) electrons. The first-order chi connectivity index (χ1) is 3.55. The molecule has 8 heavy (non-hydrogen) atoms. The minimum atomic E-state index is -0.947. The van der Waals surface area contributed by atoms with E-state index >= 15 is 0 Å². The van der Waals surface area contributed by atoms with Gasteiger partial charge in [0.05, 0.1) is 4.83 Å². The van der Waals surface area contributed by atoms with E-state index in [1.54, 1.807) is 0 Å². The highest BCUT2D eigenvalue weighted by molar-refractivity contribution is 9.12. The molecule has 0 heterocycles. The maximum Gasteiger partial charge on any atom is 0.142 e. The van der Waals surface area contributed by atoms with Crippen molar-refractivity contribution >= 4 is 55.1 Å². The van der Waals surface area contributed by atoms with Gasteiger partial charge in [-0.05, 0) is 0 Å². The van der Waals surface area contributed by atoms with Gasteiger partial charge in [0.25, 0.3) is 0 Å². The van der Waals surface area contributed by atoms with Crippen LogP contribution in [-0.2, 0) is 0 Å². The van der Waals surface area contributed by atoms with Gasteiger partial charge in [0.2, 0.25) is 0 Å². The van der Waals surface area contributed by atoms with Gasteiger partial charge in [0.15, 0.2) is 0 Å². The average molecular weight is 287 g/mol. The van der Waals surface area contributed by atoms with Gasteiger partial charge < -0.3 is 5.11 Å². The Morgan fingerprint density at radius 1 is 1.25 bits per heavy atom. The summed E-state index contributed by atoms with van der Waals surface area (Å²) in [5, 5.41) is 8.60. The van der Waals surface area contributed by atoms with Crippen molar-refractivity contribution in [3.05, 3.63) is 0 Å². The molecular formula is C3H4Br2Cl2O. The highest BCUT2D eigenvalue weighted by Gasteiger charge is 2.19. The molecule has 0 saturated carbocycles. The number of alkyl halides is 4. The van der Waals surface area contributed by atoms with Crippen LogP contribution in [0.4, 0.5) is 0 Å². The molecule has 1 nitrogen and oxygen atoms in total. The van der Waals surface area contributed by atoms with Gasteiger partial charge in [-0.2, -0.15) is 0 Å². The first kappa shape index (κ1) is 9.50. The number of aliphatic hydroxyl groups excluding tert-OH is 1. The van der Waals surface area contributed by atoms with E-state index in [2.05, 4.69) is 31.9 Å². The molecule has 0 aliphatic heterocycles. The summed E-state index contributed by atoms with van der Waals surface area (Å²) in [5.74, 6) is 0. The quantitative estimate of drug-likeness (QED) is 0.772. The topological polar surface area (TPSA) is 20.2 Å². The monoisotopic (exact) mass is 284 g/mol. The van der Waals surface area contributed by atoms with E-state index < -0.39 is 5.56 Å². The smallest absolute Gasteiger partial charge is 0.142 e. The summed E-state index contributed by atoms with van der Waals surface area (Å²) in [7, 11) is 0. The Bertz CT molecular complexity index is 60.3. The van der Waals surface area contributed by atoms with E-state index in [9.17, 15) is 0 Å². The van der Waals surface area contributed by atoms with Crippen LogP contribution < -0.4 is 0 Å². The van der Waals surface area contributed by atoms with Gasteiger partial charge >= 0.3 is 0 Å². The van der Waals surface area contributed by atoms with Gasteiger partial charge in [0.1, 0.15) is 9.85 Å². The predicted molar refractivity (Wildman–Crippen MR) is 43.1 cm³/mol. The molecule has 0 saturated heterocycles. The van der Waals surface area contributed by atoms with E-state index in [0.29, 0.717) is 0 Å². The second-order valence-electron chi connectivity index (χ2n) is 1.15. The molecule has 50 valence electrons. The minimum absolute atomic E-state index is 0.314. The van der Waals surface area contributed by atoms with Crippen molar-refractivity contribution in [1.82, 2.24) is 0 Å². The van der Waals surface area contributed by atoms with E-state index in [-0.39, 0.29) is 9.11 Å². The molecule has 0 aromatic heterocycles. The summed E-state index contributed by atoms with van der Waals surface area (Å²) in [6, 6.07) is 0. The maximum absolute atomic E-state index is 8.60. The molecule has 0 aliphatic carbocycles. The van der Waals surface area contributed by atoms with Crippen LogP contribution in [-0.4, -0.2) is 19.8 Å². The zero-order valence-corrected chi connectivity index (χ0v) is 8.37. The fourth-order valence-corrected chi connectivity index (χ4v) is 0.943. The summed E-state index contributed by atoms with van der Waals surface area (Å²) in [6.45, 7) is 0. The highest BCUT2D eigenvalue weighted by atomic mass is 79.9. The molecule has 0 amide bonds. The molecule has 0 aliphatic rings. The highest BCUT2D eigenvalue weighted by Crippen LogP contribution is 2.22. The Hall–Kier alpha value is 1.50. The van der Waals surface area contributed by atoms with E-state index in [0.717, 1.165) is 0 Å². The third kappa shape index (κ3) is 3.51. The molecule has 0 spiro atoms. The van der Waals surface area contributed by atoms with Crippen LogP contribution in [0.2, 0.25) is 0 Å². The third-order valence-corrected chi connectivity index (χ3v) is 3.96. The second kappa shape index (κ2) is 4.34. The zero-order chi connectivity index (χ0) is 6.73. The van der Waals surface area contributed by atoms with Crippen molar-refractivity contribution < 1.29 is 5.11 Å². The van der Waals surface area contributed by atoms with Crippen LogP contribution in [0.15, 0.2) is 0 Å². The van der Waals surface area contributed by atoms with Crippen molar-refractivity contribution in [1.29, 1.82) is 0 Å². The van der Waals surface area contributed by atoms with Crippen molar-refractivity contribution in [2.45, 2.75) is 14.7 Å². The maximum atomic E-state index is 8.60. The lowest BCUT2D eigenvalue weighted by molar-refractivity contribution is 0.259. The van der Waals surface area contributed by atoms with Gasteiger partial charge in [-0.15, -0.1) is 11.6 Å². The molecule has 0 aromatic carbocycles. The van der Waals surface area contributed by atoms with Gasteiger partial charge in [-0.1, -0.05) is 43.5 Å². The van der Waals surface area contributed by atoms with E-state index in [4.69, 9.17) is 28.3 Å². The third-order valence-electron chi connectivity index (χ3n) is 0.503. The SMILES string of the molecule is OC(Cl)C(Br)C(Cl)Br. The normalized spacial score (nSPS) is 22.1. The van der Waals surface area contributed by atoms with Gasteiger partial charge in [-0.3, -0.25) is 0 Å². The standard InChI is InChI=1S/C3H4Br2Cl2O/c4-1(2(5)6)3(7)8/h1-3,8H. The molecule has 0 rings (SSSR count). The summed E-state index contributed by atoms with van der Waals surface area (Å²) >= 11 is 16.7. The Morgan fingerprint density at radius 2 is 1.62 bits per heavy atom. The van der Waals surface area contributed by atoms with E-state index in [1.165, 1.54) is 0 Å². The van der Waals surface area contributed by atoms with Crippen LogP contribution in [0.3, 0.4) is 0 Å². The van der Waals surface area contributed by atoms with Crippen molar-refractivity contribution in [3.8, 4) is 0 Å². The molecule has 0 fully saturated rings. The Labute approximate surface area is 74.6 Å². The lowest BCUT2D eigenvalue weighted by Gasteiger charge is -2.10. The summed E-state index contributed by atoms with van der Waals surface area (Å²) < 4.78 is -0.338. The number of aliphatic hydroxyl groups is 1. The first-order valence-corrected chi connectivity index (χ1v) is 4.50. The number of hydrogen-bond donors (Lipinski definition) is 1. The molecule has 0 aromatic rings. The Morgan fingerprint density at radius 3 is 1.62 bits per heavy atom. The largest absolute Gasteiger partial charge is 0.376 e. The van der Waals surface area contributed by atoms with Crippen molar-refractivity contribution in [2.75, 3.05) is 0 Å². The fraction of sp³-hybridized carbons (Fsp3) is 1.00. The van der Waals surface area contributed by atoms with Crippen LogP contribution in [0.1, 0.15) is 0 Å². The lowest BCUT2D eigenvalue weighted by Crippen LogP contribution is -2.19. The molecular weight excluding hydrogens is 283 g/mol. The molecule has 0 bridgehead atoms. The first-order valence-electron chi connectivity index (χ1n) is 1.80. The van der Waals surface area contributed by atoms with Crippen LogP contribution >= 0.6 is 55.1 Å². The lowest BCUT2D eigenvalue weighted by atomic mass is 10.5. The van der Waals surface area contributed by atoms with Gasteiger partial charge in [-0.25, -0.2) is 0 Å². The number of halogens is 4. The van der Waals surface area contributed by atoms with E-state index in [1.807, 2.05) is 0 Å². The second-order valence-corrected chi connectivity index (χ2v) is 4.64. The van der Waals surface area contributed by atoms with Crippen LogP contribution in [0, 0.1) is 0 Å². The number of rotatable bonds is 2. The van der Waals surface area contributed by atoms with Crippen molar-refractivity contribution in [3.63, 3.8) is 0 Å². The van der Waals surface area contributed by atoms with Crippen LogP contribution in [0.5, 0.6) is 0 Å². The van der Waals surface area contributed by atoms with Gasteiger partial charge in [0, 0.05) is 0 Å². The predicted octanol–water partition coefficient (Wildman–Crippen LogP) is 2.27. The molecule has 5 heteroatoms.